The van der Waals surface area contributed by atoms with Crippen molar-refractivity contribution in [3.8, 4) is 0 Å². The smallest absolute Gasteiger partial charge is 0.270 e. The van der Waals surface area contributed by atoms with Crippen molar-refractivity contribution >= 4 is 21.6 Å². The highest BCUT2D eigenvalue weighted by Gasteiger charge is 2.20. The summed E-state index contributed by atoms with van der Waals surface area (Å²) in [5.41, 5.74) is 1.15. The van der Waals surface area contributed by atoms with E-state index in [2.05, 4.69) is 28.2 Å². The van der Waals surface area contributed by atoms with Crippen molar-refractivity contribution in [3.05, 3.63) is 38.3 Å². The molecule has 6 heteroatoms. The van der Waals surface area contributed by atoms with E-state index >= 15 is 0 Å². The summed E-state index contributed by atoms with van der Waals surface area (Å²) in [4.78, 5) is 10.3. The molecule has 1 aliphatic rings. The maximum Gasteiger partial charge on any atom is 0.270 e. The average Bonchev–Trinajstić information content (AvgIpc) is 2.46. The molecule has 1 aromatic rings. The number of non-ortho nitro benzene ring substituents is 1. The Morgan fingerprint density at radius 2 is 2.20 bits per heavy atom. The molecule has 1 atom stereocenters. The van der Waals surface area contributed by atoms with Crippen LogP contribution in [0, 0.1) is 16.0 Å². The zero-order valence-corrected chi connectivity index (χ0v) is 13.1. The number of benzene rings is 1. The Bertz CT molecular complexity index is 475. The van der Waals surface area contributed by atoms with Crippen LogP contribution < -0.4 is 5.32 Å². The van der Waals surface area contributed by atoms with Crippen molar-refractivity contribution in [1.29, 1.82) is 0 Å². The topological polar surface area (TPSA) is 64.4 Å². The van der Waals surface area contributed by atoms with Gasteiger partial charge in [0.2, 0.25) is 0 Å². The molecule has 0 saturated carbocycles. The first-order chi connectivity index (χ1) is 9.58. The van der Waals surface area contributed by atoms with E-state index in [4.69, 9.17) is 4.74 Å². The highest BCUT2D eigenvalue weighted by atomic mass is 79.9. The van der Waals surface area contributed by atoms with Crippen LogP contribution in [0.15, 0.2) is 22.7 Å². The number of hydrogen-bond donors (Lipinski definition) is 1. The number of nitro groups is 1. The Labute approximate surface area is 127 Å². The van der Waals surface area contributed by atoms with Crippen molar-refractivity contribution in [2.75, 3.05) is 13.2 Å². The van der Waals surface area contributed by atoms with E-state index in [9.17, 15) is 10.1 Å². The zero-order chi connectivity index (χ0) is 14.5. The van der Waals surface area contributed by atoms with Gasteiger partial charge in [-0.2, -0.15) is 0 Å². The molecule has 1 aromatic carbocycles. The molecule has 0 radical (unpaired) electrons. The Balaban J connectivity index is 1.91. The van der Waals surface area contributed by atoms with Crippen LogP contribution in [0.25, 0.3) is 0 Å². The van der Waals surface area contributed by atoms with Crippen molar-refractivity contribution in [2.24, 2.45) is 5.92 Å². The molecule has 0 spiro atoms. The van der Waals surface area contributed by atoms with Gasteiger partial charge in [-0.3, -0.25) is 10.1 Å². The van der Waals surface area contributed by atoms with Gasteiger partial charge < -0.3 is 10.1 Å². The number of nitrogens with one attached hydrogen (secondary N) is 1. The van der Waals surface area contributed by atoms with E-state index in [1.807, 2.05) is 0 Å². The Kier molecular flexibility index (Phi) is 5.51. The zero-order valence-electron chi connectivity index (χ0n) is 11.5. The minimum atomic E-state index is -0.382. The first kappa shape index (κ1) is 15.4. The highest BCUT2D eigenvalue weighted by Crippen LogP contribution is 2.24. The molecule has 20 heavy (non-hydrogen) atoms. The molecule has 110 valence electrons. The maximum absolute atomic E-state index is 10.7. The summed E-state index contributed by atoms with van der Waals surface area (Å²) >= 11 is 3.40. The molecule has 2 rings (SSSR count). The van der Waals surface area contributed by atoms with Gasteiger partial charge in [-0.1, -0.05) is 15.9 Å². The molecule has 0 bridgehead atoms. The SMILES string of the molecule is CC(NCc1ccc([N+](=O)[O-])cc1Br)C1CCOCC1. The molecule has 1 aliphatic heterocycles. The number of hydrogen-bond acceptors (Lipinski definition) is 4. The summed E-state index contributed by atoms with van der Waals surface area (Å²) in [6.45, 7) is 4.59. The van der Waals surface area contributed by atoms with Gasteiger partial charge in [-0.05, 0) is 37.3 Å². The molecule has 0 aliphatic carbocycles. The molecule has 1 N–H and O–H groups in total. The van der Waals surface area contributed by atoms with Gasteiger partial charge in [-0.15, -0.1) is 0 Å². The third-order valence-corrected chi connectivity index (χ3v) is 4.57. The van der Waals surface area contributed by atoms with E-state index in [1.54, 1.807) is 18.2 Å². The van der Waals surface area contributed by atoms with Gasteiger partial charge in [0, 0.05) is 42.4 Å². The maximum atomic E-state index is 10.7. The second-order valence-corrected chi connectivity index (χ2v) is 6.01. The molecule has 1 heterocycles. The average molecular weight is 343 g/mol. The summed E-state index contributed by atoms with van der Waals surface area (Å²) in [5.74, 6) is 0.639. The molecule has 1 fully saturated rings. The van der Waals surface area contributed by atoms with Crippen LogP contribution in [0.4, 0.5) is 5.69 Å². The van der Waals surface area contributed by atoms with Crippen molar-refractivity contribution in [1.82, 2.24) is 5.32 Å². The Morgan fingerprint density at radius 3 is 2.80 bits per heavy atom. The van der Waals surface area contributed by atoms with Gasteiger partial charge >= 0.3 is 0 Å². The van der Waals surface area contributed by atoms with E-state index in [0.717, 1.165) is 36.1 Å². The fraction of sp³-hybridized carbons (Fsp3) is 0.571. The molecule has 1 unspecified atom stereocenters. The minimum absolute atomic E-state index is 0.109. The first-order valence-corrected chi connectivity index (χ1v) is 7.61. The van der Waals surface area contributed by atoms with Crippen LogP contribution in [-0.4, -0.2) is 24.2 Å². The van der Waals surface area contributed by atoms with E-state index in [0.29, 0.717) is 18.5 Å². The van der Waals surface area contributed by atoms with Crippen molar-refractivity contribution in [2.45, 2.75) is 32.4 Å². The van der Waals surface area contributed by atoms with Gasteiger partial charge in [-0.25, -0.2) is 0 Å². The van der Waals surface area contributed by atoms with Crippen LogP contribution in [0.1, 0.15) is 25.3 Å². The molecular formula is C14H19BrN2O3. The predicted molar refractivity (Wildman–Crippen MR) is 80.6 cm³/mol. The lowest BCUT2D eigenvalue weighted by molar-refractivity contribution is -0.384. The third-order valence-electron chi connectivity index (χ3n) is 3.84. The minimum Gasteiger partial charge on any atom is -0.381 e. The number of halogens is 1. The predicted octanol–water partition coefficient (Wildman–Crippen LogP) is 3.26. The van der Waals surface area contributed by atoms with Crippen LogP contribution in [0.2, 0.25) is 0 Å². The highest BCUT2D eigenvalue weighted by molar-refractivity contribution is 9.10. The van der Waals surface area contributed by atoms with Gasteiger partial charge in [0.1, 0.15) is 0 Å². The van der Waals surface area contributed by atoms with Gasteiger partial charge in [0.25, 0.3) is 5.69 Å². The van der Waals surface area contributed by atoms with Crippen LogP contribution in [0.3, 0.4) is 0 Å². The Morgan fingerprint density at radius 1 is 1.50 bits per heavy atom. The number of nitro benzene ring substituents is 1. The van der Waals surface area contributed by atoms with Crippen LogP contribution in [-0.2, 0) is 11.3 Å². The summed E-state index contributed by atoms with van der Waals surface area (Å²) in [6, 6.07) is 5.31. The molecule has 0 aromatic heterocycles. The lowest BCUT2D eigenvalue weighted by Crippen LogP contribution is -2.36. The lowest BCUT2D eigenvalue weighted by Gasteiger charge is -2.28. The monoisotopic (exact) mass is 342 g/mol. The van der Waals surface area contributed by atoms with Crippen LogP contribution in [0.5, 0.6) is 0 Å². The Hall–Kier alpha value is -0.980. The van der Waals surface area contributed by atoms with Crippen molar-refractivity contribution in [3.63, 3.8) is 0 Å². The molecular weight excluding hydrogens is 324 g/mol. The van der Waals surface area contributed by atoms with E-state index in [-0.39, 0.29) is 10.6 Å². The van der Waals surface area contributed by atoms with E-state index in [1.165, 1.54) is 0 Å². The number of ether oxygens (including phenoxy) is 1. The quantitative estimate of drug-likeness (QED) is 0.658. The normalized spacial score (nSPS) is 17.9. The summed E-state index contributed by atoms with van der Waals surface area (Å²) in [7, 11) is 0. The van der Waals surface area contributed by atoms with Crippen molar-refractivity contribution < 1.29 is 9.66 Å². The van der Waals surface area contributed by atoms with Gasteiger partial charge in [0.05, 0.1) is 4.92 Å². The fourth-order valence-corrected chi connectivity index (χ4v) is 2.95. The lowest BCUT2D eigenvalue weighted by atomic mass is 9.93. The second-order valence-electron chi connectivity index (χ2n) is 5.15. The molecule has 0 amide bonds. The summed E-state index contributed by atoms with van der Waals surface area (Å²) in [5, 5.41) is 14.2. The van der Waals surface area contributed by atoms with Crippen LogP contribution >= 0.6 is 15.9 Å². The van der Waals surface area contributed by atoms with Gasteiger partial charge in [0.15, 0.2) is 0 Å². The van der Waals surface area contributed by atoms with E-state index < -0.39 is 0 Å². The standard InChI is InChI=1S/C14H19BrN2O3/c1-10(11-4-6-20-7-5-11)16-9-12-2-3-13(17(18)19)8-14(12)15/h2-3,8,10-11,16H,4-7,9H2,1H3. The largest absolute Gasteiger partial charge is 0.381 e. The molecule has 5 nitrogen and oxygen atoms in total. The number of rotatable bonds is 5. The number of nitrogens with zero attached hydrogens (tertiary/aromatic N) is 1. The third kappa shape index (κ3) is 4.01. The first-order valence-electron chi connectivity index (χ1n) is 6.82. The molecule has 1 saturated heterocycles. The fourth-order valence-electron chi connectivity index (χ4n) is 2.45. The summed E-state index contributed by atoms with van der Waals surface area (Å²) in [6.07, 6.45) is 2.19. The summed E-state index contributed by atoms with van der Waals surface area (Å²) < 4.78 is 6.14. The second kappa shape index (κ2) is 7.15.